The van der Waals surface area contributed by atoms with E-state index in [1.807, 2.05) is 0 Å². The molecule has 0 heterocycles. The minimum absolute atomic E-state index is 0.0586. The van der Waals surface area contributed by atoms with Crippen molar-refractivity contribution in [1.82, 2.24) is 4.90 Å². The summed E-state index contributed by atoms with van der Waals surface area (Å²) in [4.78, 5) is 12.9. The van der Waals surface area contributed by atoms with Crippen molar-refractivity contribution >= 4 is 11.6 Å². The zero-order valence-electron chi connectivity index (χ0n) is 12.0. The van der Waals surface area contributed by atoms with Crippen molar-refractivity contribution < 1.29 is 13.9 Å². The van der Waals surface area contributed by atoms with Crippen molar-refractivity contribution in [3.8, 4) is 5.75 Å². The fraction of sp³-hybridized carbons (Fsp3) is 0.533. The van der Waals surface area contributed by atoms with Crippen LogP contribution in [0.4, 0.5) is 10.1 Å². The standard InChI is InChI=1S/C15H21FN2O2/c1-18(2)15(19)10-17-11-7-8-14(13(16)9-11)20-12-5-3-4-6-12/h7-9,12,17H,3-6,10H2,1-2H3. The van der Waals surface area contributed by atoms with E-state index in [0.717, 1.165) is 25.7 Å². The molecule has 0 bridgehead atoms. The number of anilines is 1. The fourth-order valence-corrected chi connectivity index (χ4v) is 2.23. The molecular formula is C15H21FN2O2. The predicted octanol–water partition coefficient (Wildman–Crippen LogP) is 2.65. The van der Waals surface area contributed by atoms with Gasteiger partial charge in [-0.1, -0.05) is 0 Å². The lowest BCUT2D eigenvalue weighted by molar-refractivity contribution is -0.126. The van der Waals surface area contributed by atoms with Gasteiger partial charge < -0.3 is 15.0 Å². The van der Waals surface area contributed by atoms with Gasteiger partial charge in [-0.3, -0.25) is 4.79 Å². The minimum atomic E-state index is -0.390. The van der Waals surface area contributed by atoms with E-state index in [0.29, 0.717) is 11.4 Å². The van der Waals surface area contributed by atoms with Gasteiger partial charge >= 0.3 is 0 Å². The average Bonchev–Trinajstić information content (AvgIpc) is 2.91. The summed E-state index contributed by atoms with van der Waals surface area (Å²) in [5, 5.41) is 2.90. The van der Waals surface area contributed by atoms with E-state index >= 15 is 0 Å². The van der Waals surface area contributed by atoms with Crippen LogP contribution in [0.3, 0.4) is 0 Å². The molecule has 0 spiro atoms. The van der Waals surface area contributed by atoms with Gasteiger partial charge in [0.25, 0.3) is 0 Å². The first kappa shape index (κ1) is 14.6. The Bertz CT molecular complexity index is 471. The molecule has 1 aromatic rings. The van der Waals surface area contributed by atoms with E-state index in [9.17, 15) is 9.18 Å². The van der Waals surface area contributed by atoms with Crippen LogP contribution >= 0.6 is 0 Å². The summed E-state index contributed by atoms with van der Waals surface area (Å²) >= 11 is 0. The Morgan fingerprint density at radius 3 is 2.70 bits per heavy atom. The van der Waals surface area contributed by atoms with Gasteiger partial charge in [-0.05, 0) is 37.8 Å². The van der Waals surface area contributed by atoms with Gasteiger partial charge in [0.05, 0.1) is 12.6 Å². The van der Waals surface area contributed by atoms with E-state index in [2.05, 4.69) is 5.32 Å². The van der Waals surface area contributed by atoms with E-state index in [4.69, 9.17) is 4.74 Å². The van der Waals surface area contributed by atoms with Gasteiger partial charge in [0, 0.05) is 25.8 Å². The molecule has 4 nitrogen and oxygen atoms in total. The average molecular weight is 280 g/mol. The van der Waals surface area contributed by atoms with Crippen LogP contribution in [-0.2, 0) is 4.79 Å². The number of rotatable bonds is 5. The number of ether oxygens (including phenoxy) is 1. The molecule has 0 atom stereocenters. The number of nitrogens with one attached hydrogen (secondary N) is 1. The van der Waals surface area contributed by atoms with Crippen LogP contribution in [0.25, 0.3) is 0 Å². The van der Waals surface area contributed by atoms with Crippen LogP contribution in [0.15, 0.2) is 18.2 Å². The van der Waals surface area contributed by atoms with Gasteiger partial charge in [-0.25, -0.2) is 4.39 Å². The van der Waals surface area contributed by atoms with Crippen LogP contribution in [0.1, 0.15) is 25.7 Å². The summed E-state index contributed by atoms with van der Waals surface area (Å²) in [6, 6.07) is 4.72. The summed E-state index contributed by atoms with van der Waals surface area (Å²) in [7, 11) is 3.37. The molecule has 1 saturated carbocycles. The van der Waals surface area contributed by atoms with Crippen molar-refractivity contribution in [3.63, 3.8) is 0 Å². The number of nitrogens with zero attached hydrogens (tertiary/aromatic N) is 1. The van der Waals surface area contributed by atoms with E-state index in [1.165, 1.54) is 11.0 Å². The number of carbonyl (C=O) groups excluding carboxylic acids is 1. The van der Waals surface area contributed by atoms with E-state index in [1.54, 1.807) is 26.2 Å². The molecule has 1 amide bonds. The maximum Gasteiger partial charge on any atom is 0.241 e. The molecule has 1 aliphatic rings. The molecule has 1 aliphatic carbocycles. The van der Waals surface area contributed by atoms with Gasteiger partial charge in [0.2, 0.25) is 5.91 Å². The molecule has 0 saturated heterocycles. The monoisotopic (exact) mass is 280 g/mol. The maximum absolute atomic E-state index is 13.9. The van der Waals surface area contributed by atoms with Gasteiger partial charge in [0.1, 0.15) is 0 Å². The number of hydrogen-bond donors (Lipinski definition) is 1. The number of halogens is 1. The lowest BCUT2D eigenvalue weighted by Crippen LogP contribution is -2.28. The molecule has 5 heteroatoms. The molecule has 2 rings (SSSR count). The maximum atomic E-state index is 13.9. The zero-order valence-corrected chi connectivity index (χ0v) is 12.0. The first-order valence-electron chi connectivity index (χ1n) is 6.96. The first-order valence-corrected chi connectivity index (χ1v) is 6.96. The van der Waals surface area contributed by atoms with E-state index < -0.39 is 0 Å². The van der Waals surface area contributed by atoms with Crippen molar-refractivity contribution in [2.24, 2.45) is 0 Å². The lowest BCUT2D eigenvalue weighted by atomic mass is 10.2. The Hall–Kier alpha value is -1.78. The number of amides is 1. The second-order valence-electron chi connectivity index (χ2n) is 5.31. The zero-order chi connectivity index (χ0) is 14.5. The minimum Gasteiger partial charge on any atom is -0.487 e. The van der Waals surface area contributed by atoms with Crippen molar-refractivity contribution in [1.29, 1.82) is 0 Å². The number of hydrogen-bond acceptors (Lipinski definition) is 3. The van der Waals surface area contributed by atoms with Gasteiger partial charge in [-0.15, -0.1) is 0 Å². The van der Waals surface area contributed by atoms with Crippen LogP contribution in [0.5, 0.6) is 5.75 Å². The normalized spacial score (nSPS) is 15.2. The Kier molecular flexibility index (Phi) is 4.82. The number of likely N-dealkylation sites (N-methyl/N-ethyl adjacent to an activating group) is 1. The van der Waals surface area contributed by atoms with Crippen LogP contribution in [0.2, 0.25) is 0 Å². The summed E-state index contributed by atoms with van der Waals surface area (Å²) < 4.78 is 19.6. The Morgan fingerprint density at radius 1 is 1.40 bits per heavy atom. The Balaban J connectivity index is 1.93. The molecule has 1 N–H and O–H groups in total. The summed E-state index contributed by atoms with van der Waals surface area (Å²) in [5.74, 6) is -0.155. The number of benzene rings is 1. The Labute approximate surface area is 118 Å². The molecule has 1 fully saturated rings. The SMILES string of the molecule is CN(C)C(=O)CNc1ccc(OC2CCCC2)c(F)c1. The molecule has 0 aliphatic heterocycles. The fourth-order valence-electron chi connectivity index (χ4n) is 2.23. The molecule has 110 valence electrons. The number of carbonyl (C=O) groups is 1. The van der Waals surface area contributed by atoms with Gasteiger partial charge in [0.15, 0.2) is 11.6 Å². The van der Waals surface area contributed by atoms with Crippen molar-refractivity contribution in [2.45, 2.75) is 31.8 Å². The molecule has 0 unspecified atom stereocenters. The van der Waals surface area contributed by atoms with Gasteiger partial charge in [-0.2, -0.15) is 0 Å². The van der Waals surface area contributed by atoms with Crippen LogP contribution in [0, 0.1) is 5.82 Å². The lowest BCUT2D eigenvalue weighted by Gasteiger charge is -2.15. The molecule has 0 aromatic heterocycles. The van der Waals surface area contributed by atoms with Crippen LogP contribution < -0.4 is 10.1 Å². The topological polar surface area (TPSA) is 41.6 Å². The quantitative estimate of drug-likeness (QED) is 0.901. The smallest absolute Gasteiger partial charge is 0.241 e. The Morgan fingerprint density at radius 2 is 2.10 bits per heavy atom. The third kappa shape index (κ3) is 3.85. The highest BCUT2D eigenvalue weighted by Crippen LogP contribution is 2.27. The first-order chi connectivity index (χ1) is 9.56. The highest BCUT2D eigenvalue weighted by Gasteiger charge is 2.18. The molecule has 1 aromatic carbocycles. The second kappa shape index (κ2) is 6.59. The highest BCUT2D eigenvalue weighted by atomic mass is 19.1. The summed E-state index contributed by atoms with van der Waals surface area (Å²) in [6.07, 6.45) is 4.43. The summed E-state index contributed by atoms with van der Waals surface area (Å²) in [5.41, 5.74) is 0.580. The third-order valence-corrected chi connectivity index (χ3v) is 3.47. The predicted molar refractivity (Wildman–Crippen MR) is 76.5 cm³/mol. The largest absolute Gasteiger partial charge is 0.487 e. The summed E-state index contributed by atoms with van der Waals surface area (Å²) in [6.45, 7) is 0.148. The van der Waals surface area contributed by atoms with Crippen molar-refractivity contribution in [3.05, 3.63) is 24.0 Å². The highest BCUT2D eigenvalue weighted by molar-refractivity contribution is 5.80. The molecular weight excluding hydrogens is 259 g/mol. The third-order valence-electron chi connectivity index (χ3n) is 3.47. The van der Waals surface area contributed by atoms with Crippen molar-refractivity contribution in [2.75, 3.05) is 26.0 Å². The molecule has 20 heavy (non-hydrogen) atoms. The van der Waals surface area contributed by atoms with Crippen LogP contribution in [-0.4, -0.2) is 37.6 Å². The van der Waals surface area contributed by atoms with E-state index in [-0.39, 0.29) is 24.4 Å². The second-order valence-corrected chi connectivity index (χ2v) is 5.31. The molecule has 0 radical (unpaired) electrons.